The highest BCUT2D eigenvalue weighted by atomic mass is 15.3. The molecule has 3 fully saturated rings. The molecular formula is C14H27N3. The van der Waals surface area contributed by atoms with Crippen molar-refractivity contribution in [2.45, 2.75) is 19.8 Å². The number of hydrogen-bond donors (Lipinski definition) is 0. The minimum Gasteiger partial charge on any atom is -0.305 e. The molecule has 0 aromatic carbocycles. The van der Waals surface area contributed by atoms with Crippen LogP contribution in [0.1, 0.15) is 19.8 Å². The average molecular weight is 237 g/mol. The molecule has 3 heteroatoms. The quantitative estimate of drug-likeness (QED) is 0.724. The van der Waals surface area contributed by atoms with Gasteiger partial charge in [-0.3, -0.25) is 0 Å². The summed E-state index contributed by atoms with van der Waals surface area (Å²) in [5, 5.41) is 0. The van der Waals surface area contributed by atoms with Crippen molar-refractivity contribution in [3.63, 3.8) is 0 Å². The van der Waals surface area contributed by atoms with Gasteiger partial charge < -0.3 is 14.7 Å². The first-order chi connectivity index (χ1) is 8.19. The molecule has 1 spiro atoms. The number of piperazine rings is 1. The Morgan fingerprint density at radius 1 is 1.00 bits per heavy atom. The smallest absolute Gasteiger partial charge is 0.0110 e. The van der Waals surface area contributed by atoms with Crippen molar-refractivity contribution in [1.29, 1.82) is 0 Å². The lowest BCUT2D eigenvalue weighted by atomic mass is 9.58. The summed E-state index contributed by atoms with van der Waals surface area (Å²) >= 11 is 0. The average Bonchev–Trinajstić information content (AvgIpc) is 2.25. The standard InChI is InChI=1S/C14H27N3/c1-3-16-4-6-17(7-5-16)10-13-8-14(9-13)11-15(2)12-14/h13H,3-12H2,1-2H3. The molecular weight excluding hydrogens is 210 g/mol. The normalized spacial score (nSPS) is 31.4. The molecule has 0 aromatic heterocycles. The summed E-state index contributed by atoms with van der Waals surface area (Å²) in [7, 11) is 2.25. The molecule has 3 aliphatic rings. The molecule has 0 aromatic rings. The molecule has 1 aliphatic carbocycles. The topological polar surface area (TPSA) is 9.72 Å². The lowest BCUT2D eigenvalue weighted by Gasteiger charge is -2.59. The fourth-order valence-corrected chi connectivity index (χ4v) is 4.30. The third-order valence-electron chi connectivity index (χ3n) is 5.08. The fraction of sp³-hybridized carbons (Fsp3) is 1.00. The zero-order valence-corrected chi connectivity index (χ0v) is 11.5. The van der Waals surface area contributed by atoms with Gasteiger partial charge in [-0.15, -0.1) is 0 Å². The van der Waals surface area contributed by atoms with E-state index in [9.17, 15) is 0 Å². The van der Waals surface area contributed by atoms with Crippen molar-refractivity contribution < 1.29 is 0 Å². The van der Waals surface area contributed by atoms with Gasteiger partial charge in [0.2, 0.25) is 0 Å². The van der Waals surface area contributed by atoms with E-state index in [0.29, 0.717) is 0 Å². The largest absolute Gasteiger partial charge is 0.305 e. The molecule has 0 amide bonds. The van der Waals surface area contributed by atoms with E-state index in [1.165, 1.54) is 65.2 Å². The van der Waals surface area contributed by atoms with Crippen LogP contribution in [0.4, 0.5) is 0 Å². The van der Waals surface area contributed by atoms with E-state index in [1.807, 2.05) is 0 Å². The third-order valence-corrected chi connectivity index (χ3v) is 5.08. The summed E-state index contributed by atoms with van der Waals surface area (Å²) in [4.78, 5) is 7.74. The van der Waals surface area contributed by atoms with Crippen LogP contribution in [0.2, 0.25) is 0 Å². The van der Waals surface area contributed by atoms with Crippen LogP contribution in [0.15, 0.2) is 0 Å². The van der Waals surface area contributed by atoms with E-state index in [0.717, 1.165) is 11.3 Å². The van der Waals surface area contributed by atoms with E-state index in [1.54, 1.807) is 0 Å². The van der Waals surface area contributed by atoms with Crippen molar-refractivity contribution >= 4 is 0 Å². The van der Waals surface area contributed by atoms with Gasteiger partial charge in [-0.25, -0.2) is 0 Å². The number of rotatable bonds is 3. The number of likely N-dealkylation sites (tertiary alicyclic amines) is 1. The van der Waals surface area contributed by atoms with Crippen LogP contribution < -0.4 is 0 Å². The van der Waals surface area contributed by atoms with E-state index >= 15 is 0 Å². The van der Waals surface area contributed by atoms with Crippen LogP contribution in [-0.4, -0.2) is 74.1 Å². The highest BCUT2D eigenvalue weighted by molar-refractivity contribution is 5.03. The highest BCUT2D eigenvalue weighted by Gasteiger charge is 2.50. The predicted molar refractivity (Wildman–Crippen MR) is 71.2 cm³/mol. The molecule has 1 saturated carbocycles. The molecule has 2 heterocycles. The zero-order chi connectivity index (χ0) is 11.9. The van der Waals surface area contributed by atoms with E-state index in [2.05, 4.69) is 28.7 Å². The van der Waals surface area contributed by atoms with Crippen molar-refractivity contribution in [3.05, 3.63) is 0 Å². The summed E-state index contributed by atoms with van der Waals surface area (Å²) in [6.07, 6.45) is 3.01. The molecule has 0 atom stereocenters. The van der Waals surface area contributed by atoms with Crippen LogP contribution in [-0.2, 0) is 0 Å². The molecule has 3 nitrogen and oxygen atoms in total. The minimum atomic E-state index is 0.769. The van der Waals surface area contributed by atoms with E-state index in [4.69, 9.17) is 0 Å². The van der Waals surface area contributed by atoms with Crippen LogP contribution >= 0.6 is 0 Å². The van der Waals surface area contributed by atoms with Crippen molar-refractivity contribution in [2.24, 2.45) is 11.3 Å². The van der Waals surface area contributed by atoms with Crippen LogP contribution in [0, 0.1) is 11.3 Å². The molecule has 3 rings (SSSR count). The lowest BCUT2D eigenvalue weighted by molar-refractivity contribution is -0.0905. The van der Waals surface area contributed by atoms with Gasteiger partial charge in [-0.2, -0.15) is 0 Å². The van der Waals surface area contributed by atoms with E-state index < -0.39 is 0 Å². The van der Waals surface area contributed by atoms with Crippen molar-refractivity contribution in [2.75, 3.05) is 59.4 Å². The summed E-state index contributed by atoms with van der Waals surface area (Å²) in [6, 6.07) is 0. The van der Waals surface area contributed by atoms with Gasteiger partial charge in [0.15, 0.2) is 0 Å². The van der Waals surface area contributed by atoms with Gasteiger partial charge >= 0.3 is 0 Å². The Hall–Kier alpha value is -0.120. The lowest BCUT2D eigenvalue weighted by Crippen LogP contribution is -2.62. The molecule has 0 radical (unpaired) electrons. The Labute approximate surface area is 106 Å². The molecule has 17 heavy (non-hydrogen) atoms. The number of nitrogens with zero attached hydrogens (tertiary/aromatic N) is 3. The zero-order valence-electron chi connectivity index (χ0n) is 11.5. The predicted octanol–water partition coefficient (Wildman–Crippen LogP) is 0.966. The summed E-state index contributed by atoms with van der Waals surface area (Å²) in [5.74, 6) is 1.01. The first-order valence-electron chi connectivity index (χ1n) is 7.32. The molecule has 0 unspecified atom stereocenters. The maximum atomic E-state index is 2.70. The maximum absolute atomic E-state index is 2.70. The summed E-state index contributed by atoms with van der Waals surface area (Å²) in [6.45, 7) is 12.8. The van der Waals surface area contributed by atoms with Gasteiger partial charge in [0.05, 0.1) is 0 Å². The first kappa shape index (κ1) is 11.9. The minimum absolute atomic E-state index is 0.769. The van der Waals surface area contributed by atoms with Crippen LogP contribution in [0.3, 0.4) is 0 Å². The summed E-state index contributed by atoms with van der Waals surface area (Å²) < 4.78 is 0. The van der Waals surface area contributed by atoms with Gasteiger partial charge in [0, 0.05) is 45.8 Å². The molecule has 2 saturated heterocycles. The third kappa shape index (κ3) is 2.38. The van der Waals surface area contributed by atoms with E-state index in [-0.39, 0.29) is 0 Å². The molecule has 0 bridgehead atoms. The highest BCUT2D eigenvalue weighted by Crippen LogP contribution is 2.51. The molecule has 0 N–H and O–H groups in total. The van der Waals surface area contributed by atoms with Crippen LogP contribution in [0.5, 0.6) is 0 Å². The fourth-order valence-electron chi connectivity index (χ4n) is 4.30. The first-order valence-corrected chi connectivity index (χ1v) is 7.32. The van der Waals surface area contributed by atoms with Crippen molar-refractivity contribution in [1.82, 2.24) is 14.7 Å². The maximum Gasteiger partial charge on any atom is 0.0110 e. The van der Waals surface area contributed by atoms with Gasteiger partial charge in [0.1, 0.15) is 0 Å². The van der Waals surface area contributed by atoms with Crippen molar-refractivity contribution in [3.8, 4) is 0 Å². The Bertz CT molecular complexity index is 257. The number of likely N-dealkylation sites (N-methyl/N-ethyl adjacent to an activating group) is 1. The second-order valence-electron chi connectivity index (χ2n) is 6.68. The van der Waals surface area contributed by atoms with Gasteiger partial charge in [0.25, 0.3) is 0 Å². The second-order valence-corrected chi connectivity index (χ2v) is 6.68. The van der Waals surface area contributed by atoms with Gasteiger partial charge in [-0.05, 0) is 37.8 Å². The second kappa shape index (κ2) is 4.52. The monoisotopic (exact) mass is 237 g/mol. The molecule has 2 aliphatic heterocycles. The SMILES string of the molecule is CCN1CCN(CC2CC3(C2)CN(C)C3)CC1. The summed E-state index contributed by atoms with van der Waals surface area (Å²) in [5.41, 5.74) is 0.769. The Morgan fingerprint density at radius 2 is 1.59 bits per heavy atom. The van der Waals surface area contributed by atoms with Crippen LogP contribution in [0.25, 0.3) is 0 Å². The van der Waals surface area contributed by atoms with Gasteiger partial charge in [-0.1, -0.05) is 6.92 Å². The molecule has 98 valence electrons. The Kier molecular flexibility index (Phi) is 3.18. The number of hydrogen-bond acceptors (Lipinski definition) is 3. The Morgan fingerprint density at radius 3 is 2.12 bits per heavy atom. The Balaban J connectivity index is 1.36.